The van der Waals surface area contributed by atoms with Crippen molar-refractivity contribution in [2.45, 2.75) is 38.7 Å². The van der Waals surface area contributed by atoms with E-state index in [9.17, 15) is 35.9 Å². The number of rotatable bonds is 7. The molecule has 2 unspecified atom stereocenters. The average molecular weight is 624 g/mol. The third kappa shape index (κ3) is 7.66. The highest BCUT2D eigenvalue weighted by Crippen LogP contribution is 2.37. The molecule has 3 N–H and O–H groups in total. The number of anilines is 2. The summed E-state index contributed by atoms with van der Waals surface area (Å²) >= 11 is 4.40. The monoisotopic (exact) mass is 623 g/mol. The Morgan fingerprint density at radius 1 is 0.947 bits per heavy atom. The second kappa shape index (κ2) is 11.7. The Hall–Kier alpha value is -3.20. The SMILES string of the molecule is CCC(C)C(NC(=O)Nc1cc(C(F)(F)F)cc(C(F)(F)F)c1)C(=O)Nc1nnc(-c2ccc(Br)cc2)s1. The molecule has 0 radical (unpaired) electrons. The fraction of sp³-hybridized carbons (Fsp3) is 0.304. The van der Waals surface area contributed by atoms with E-state index in [0.717, 1.165) is 21.4 Å². The van der Waals surface area contributed by atoms with Gasteiger partial charge < -0.3 is 10.6 Å². The fourth-order valence-corrected chi connectivity index (χ4v) is 4.22. The first kappa shape index (κ1) is 29.4. The number of amides is 3. The first-order valence-electron chi connectivity index (χ1n) is 10.9. The van der Waals surface area contributed by atoms with E-state index in [-0.39, 0.29) is 11.2 Å². The van der Waals surface area contributed by atoms with Gasteiger partial charge in [-0.2, -0.15) is 26.3 Å². The molecular weight excluding hydrogens is 604 g/mol. The number of hydrogen-bond donors (Lipinski definition) is 3. The van der Waals surface area contributed by atoms with Crippen LogP contribution in [0.1, 0.15) is 31.4 Å². The van der Waals surface area contributed by atoms with Gasteiger partial charge in [-0.25, -0.2) is 4.79 Å². The number of halogens is 7. The van der Waals surface area contributed by atoms with Crippen molar-refractivity contribution in [1.82, 2.24) is 15.5 Å². The number of nitrogens with one attached hydrogen (secondary N) is 3. The number of benzene rings is 2. The van der Waals surface area contributed by atoms with Crippen molar-refractivity contribution < 1.29 is 35.9 Å². The van der Waals surface area contributed by atoms with E-state index >= 15 is 0 Å². The van der Waals surface area contributed by atoms with Gasteiger partial charge in [0.25, 0.3) is 0 Å². The predicted octanol–water partition coefficient (Wildman–Crippen LogP) is 7.18. The lowest BCUT2D eigenvalue weighted by atomic mass is 9.98. The standard InChI is InChI=1S/C23H20BrF6N5O2S/c1-3-11(2)17(18(36)33-21-35-34-19(38-21)12-4-6-15(24)7-5-12)32-20(37)31-16-9-13(22(25,26)27)8-14(10-16)23(28,29)30/h4-11,17H,3H2,1-2H3,(H2,31,32,37)(H,33,35,36). The van der Waals surface area contributed by atoms with Gasteiger partial charge in [0, 0.05) is 15.7 Å². The maximum absolute atomic E-state index is 13.1. The fourth-order valence-electron chi connectivity index (χ4n) is 3.20. The van der Waals surface area contributed by atoms with E-state index in [0.29, 0.717) is 23.6 Å². The van der Waals surface area contributed by atoms with E-state index in [1.54, 1.807) is 38.1 Å². The van der Waals surface area contributed by atoms with Gasteiger partial charge in [-0.05, 0) is 36.2 Å². The van der Waals surface area contributed by atoms with Crippen LogP contribution < -0.4 is 16.0 Å². The summed E-state index contributed by atoms with van der Waals surface area (Å²) in [5.41, 5.74) is -3.16. The molecule has 0 aliphatic rings. The highest BCUT2D eigenvalue weighted by molar-refractivity contribution is 9.10. The third-order valence-electron chi connectivity index (χ3n) is 5.37. The van der Waals surface area contributed by atoms with Crippen molar-refractivity contribution in [3.63, 3.8) is 0 Å². The van der Waals surface area contributed by atoms with E-state index in [1.807, 2.05) is 5.32 Å². The molecule has 0 aliphatic heterocycles. The Bertz CT molecular complexity index is 1260. The average Bonchev–Trinajstić information content (AvgIpc) is 3.29. The number of nitrogens with zero attached hydrogens (tertiary/aromatic N) is 2. The van der Waals surface area contributed by atoms with Crippen molar-refractivity contribution in [1.29, 1.82) is 0 Å². The quantitative estimate of drug-likeness (QED) is 0.243. The zero-order chi connectivity index (χ0) is 28.3. The second-order valence-electron chi connectivity index (χ2n) is 8.16. The van der Waals surface area contributed by atoms with Gasteiger partial charge >= 0.3 is 18.4 Å². The minimum Gasteiger partial charge on any atom is -0.326 e. The van der Waals surface area contributed by atoms with Crippen molar-refractivity contribution in [3.8, 4) is 10.6 Å². The zero-order valence-corrected chi connectivity index (χ0v) is 22.1. The summed E-state index contributed by atoms with van der Waals surface area (Å²) in [6, 6.07) is 5.54. The first-order valence-corrected chi connectivity index (χ1v) is 12.6. The topological polar surface area (TPSA) is 96.0 Å². The molecule has 38 heavy (non-hydrogen) atoms. The van der Waals surface area contributed by atoms with E-state index in [2.05, 4.69) is 36.8 Å². The predicted molar refractivity (Wildman–Crippen MR) is 134 cm³/mol. The summed E-state index contributed by atoms with van der Waals surface area (Å²) < 4.78 is 79.6. The molecule has 3 amide bonds. The minimum atomic E-state index is -5.08. The lowest BCUT2D eigenvalue weighted by Crippen LogP contribution is -2.49. The van der Waals surface area contributed by atoms with Gasteiger partial charge in [0.15, 0.2) is 0 Å². The summed E-state index contributed by atoms with van der Waals surface area (Å²) in [7, 11) is 0. The van der Waals surface area contributed by atoms with E-state index in [4.69, 9.17) is 0 Å². The van der Waals surface area contributed by atoms with Crippen molar-refractivity contribution in [2.75, 3.05) is 10.6 Å². The zero-order valence-electron chi connectivity index (χ0n) is 19.7. The highest BCUT2D eigenvalue weighted by Gasteiger charge is 2.37. The second-order valence-corrected chi connectivity index (χ2v) is 10.1. The molecule has 2 aromatic carbocycles. The number of hydrogen-bond acceptors (Lipinski definition) is 5. The molecule has 15 heteroatoms. The number of urea groups is 1. The van der Waals surface area contributed by atoms with Crippen LogP contribution in [0.25, 0.3) is 10.6 Å². The Morgan fingerprint density at radius 2 is 1.53 bits per heavy atom. The van der Waals surface area contributed by atoms with Crippen LogP contribution in [0.3, 0.4) is 0 Å². The molecular formula is C23H20BrF6N5O2S. The summed E-state index contributed by atoms with van der Waals surface area (Å²) in [5, 5.41) is 15.4. The van der Waals surface area contributed by atoms with Gasteiger partial charge in [-0.3, -0.25) is 10.1 Å². The summed E-state index contributed by atoms with van der Waals surface area (Å²) in [6.45, 7) is 3.38. The van der Waals surface area contributed by atoms with Gasteiger partial charge in [-0.1, -0.05) is 59.7 Å². The van der Waals surface area contributed by atoms with Crippen LogP contribution in [-0.2, 0) is 17.1 Å². The van der Waals surface area contributed by atoms with E-state index in [1.165, 1.54) is 0 Å². The van der Waals surface area contributed by atoms with Gasteiger partial charge in [0.1, 0.15) is 11.0 Å². The Kier molecular flexibility index (Phi) is 9.02. The molecule has 7 nitrogen and oxygen atoms in total. The number of alkyl halides is 6. The van der Waals surface area contributed by atoms with Crippen LogP contribution >= 0.6 is 27.3 Å². The highest BCUT2D eigenvalue weighted by atomic mass is 79.9. The Morgan fingerprint density at radius 3 is 2.05 bits per heavy atom. The lowest BCUT2D eigenvalue weighted by molar-refractivity contribution is -0.143. The molecule has 0 saturated carbocycles. The molecule has 2 atom stereocenters. The summed E-state index contributed by atoms with van der Waals surface area (Å²) in [4.78, 5) is 25.5. The largest absolute Gasteiger partial charge is 0.416 e. The van der Waals surface area contributed by atoms with Gasteiger partial charge in [0.05, 0.1) is 11.1 Å². The molecule has 0 fully saturated rings. The molecule has 0 aliphatic carbocycles. The van der Waals surface area contributed by atoms with Crippen molar-refractivity contribution in [2.24, 2.45) is 5.92 Å². The molecule has 1 aromatic heterocycles. The van der Waals surface area contributed by atoms with Crippen LogP contribution in [0.5, 0.6) is 0 Å². The lowest BCUT2D eigenvalue weighted by Gasteiger charge is -2.23. The Balaban J connectivity index is 1.76. The molecule has 0 saturated heterocycles. The third-order valence-corrected chi connectivity index (χ3v) is 6.79. The van der Waals surface area contributed by atoms with Gasteiger partial charge in [0.2, 0.25) is 11.0 Å². The smallest absolute Gasteiger partial charge is 0.326 e. The summed E-state index contributed by atoms with van der Waals surface area (Å²) in [5.74, 6) is -1.14. The number of aromatic nitrogens is 2. The minimum absolute atomic E-state index is 0.0525. The molecule has 3 rings (SSSR count). The molecule has 3 aromatic rings. The van der Waals surface area contributed by atoms with Crippen molar-refractivity contribution in [3.05, 3.63) is 58.1 Å². The van der Waals surface area contributed by atoms with Crippen LogP contribution in [0.4, 0.5) is 42.0 Å². The maximum Gasteiger partial charge on any atom is 0.416 e. The van der Waals surface area contributed by atoms with Crippen LogP contribution in [0.15, 0.2) is 46.9 Å². The summed E-state index contributed by atoms with van der Waals surface area (Å²) in [6.07, 6.45) is -9.74. The Labute approximate surface area is 225 Å². The van der Waals surface area contributed by atoms with Crippen LogP contribution in [-0.4, -0.2) is 28.2 Å². The molecule has 0 spiro atoms. The normalized spacial score (nSPS) is 13.5. The molecule has 1 heterocycles. The maximum atomic E-state index is 13.1. The molecule has 0 bridgehead atoms. The van der Waals surface area contributed by atoms with Gasteiger partial charge in [-0.15, -0.1) is 10.2 Å². The van der Waals surface area contributed by atoms with Crippen LogP contribution in [0, 0.1) is 5.92 Å². The number of carbonyl (C=O) groups excluding carboxylic acids is 2. The van der Waals surface area contributed by atoms with E-state index < -0.39 is 53.1 Å². The first-order chi connectivity index (χ1) is 17.7. The number of carbonyl (C=O) groups is 2. The van der Waals surface area contributed by atoms with Crippen LogP contribution in [0.2, 0.25) is 0 Å². The molecule has 204 valence electrons. The van der Waals surface area contributed by atoms with Crippen molar-refractivity contribution >= 4 is 50.0 Å².